The van der Waals surface area contributed by atoms with E-state index in [4.69, 9.17) is 0 Å². The van der Waals surface area contributed by atoms with Gasteiger partial charge in [-0.2, -0.15) is 0 Å². The zero-order valence-corrected chi connectivity index (χ0v) is 17.2. The monoisotopic (exact) mass is 526 g/mol. The van der Waals surface area contributed by atoms with Gasteiger partial charge in [0.1, 0.15) is 11.3 Å². The molecule has 1 aliphatic rings. The Labute approximate surface area is 171 Å². The van der Waals surface area contributed by atoms with E-state index in [9.17, 15) is 19.5 Å². The van der Waals surface area contributed by atoms with Gasteiger partial charge in [-0.3, -0.25) is 14.9 Å². The second-order valence-electron chi connectivity index (χ2n) is 5.62. The number of nitrogens with one attached hydrogen (secondary N) is 1. The average Bonchev–Trinajstić information content (AvgIpc) is 2.57. The van der Waals surface area contributed by atoms with Crippen molar-refractivity contribution >= 4 is 68.1 Å². The van der Waals surface area contributed by atoms with Crippen molar-refractivity contribution in [3.63, 3.8) is 0 Å². The van der Waals surface area contributed by atoms with Crippen LogP contribution in [0.15, 0.2) is 46.4 Å². The summed E-state index contributed by atoms with van der Waals surface area (Å²) in [4.78, 5) is 38.0. The van der Waals surface area contributed by atoms with Crippen LogP contribution >= 0.6 is 38.5 Å². The number of benzene rings is 2. The highest BCUT2D eigenvalue weighted by Gasteiger charge is 2.36. The normalized spacial score (nSPS) is 16.2. The molecule has 0 unspecified atom stereocenters. The molecule has 0 saturated carbocycles. The molecule has 2 aromatic carbocycles. The largest absolute Gasteiger partial charge is 0.506 e. The van der Waals surface area contributed by atoms with E-state index in [-0.39, 0.29) is 11.3 Å². The maximum Gasteiger partial charge on any atom is 0.335 e. The van der Waals surface area contributed by atoms with E-state index >= 15 is 0 Å². The van der Waals surface area contributed by atoms with Gasteiger partial charge in [0.25, 0.3) is 11.8 Å². The number of anilines is 1. The van der Waals surface area contributed by atoms with Crippen molar-refractivity contribution in [2.24, 2.45) is 0 Å². The van der Waals surface area contributed by atoms with Crippen molar-refractivity contribution in [1.29, 1.82) is 0 Å². The SMILES string of the molecule is Cc1ccc(N2C(=O)NC(=O)/C(=C/c3cc(Br)cc(I)c3O)C2=O)cc1. The predicted molar refractivity (Wildman–Crippen MR) is 109 cm³/mol. The zero-order valence-electron chi connectivity index (χ0n) is 13.4. The Bertz CT molecular complexity index is 970. The highest BCUT2D eigenvalue weighted by Crippen LogP contribution is 2.31. The molecule has 6 nitrogen and oxygen atoms in total. The van der Waals surface area contributed by atoms with Crippen LogP contribution in [-0.2, 0) is 9.59 Å². The molecule has 0 spiro atoms. The highest BCUT2D eigenvalue weighted by molar-refractivity contribution is 14.1. The predicted octanol–water partition coefficient (Wildman–Crippen LogP) is 3.73. The topological polar surface area (TPSA) is 86.7 Å². The number of nitrogens with zero attached hydrogens (tertiary/aromatic N) is 1. The fourth-order valence-corrected chi connectivity index (χ4v) is 3.99. The molecule has 2 aromatic rings. The van der Waals surface area contributed by atoms with Gasteiger partial charge in [-0.05, 0) is 59.9 Å². The maximum absolute atomic E-state index is 12.8. The Morgan fingerprint density at radius 1 is 1.15 bits per heavy atom. The van der Waals surface area contributed by atoms with Crippen LogP contribution in [0.4, 0.5) is 10.5 Å². The molecule has 132 valence electrons. The van der Waals surface area contributed by atoms with E-state index in [1.165, 1.54) is 6.08 Å². The second-order valence-corrected chi connectivity index (χ2v) is 7.70. The molecule has 26 heavy (non-hydrogen) atoms. The smallest absolute Gasteiger partial charge is 0.335 e. The number of barbiturate groups is 1. The van der Waals surface area contributed by atoms with Gasteiger partial charge >= 0.3 is 6.03 Å². The lowest BCUT2D eigenvalue weighted by Gasteiger charge is -2.26. The van der Waals surface area contributed by atoms with Gasteiger partial charge in [0.2, 0.25) is 0 Å². The third-order valence-electron chi connectivity index (χ3n) is 3.75. The maximum atomic E-state index is 12.8. The second kappa shape index (κ2) is 7.20. The van der Waals surface area contributed by atoms with E-state index in [1.807, 2.05) is 29.5 Å². The standard InChI is InChI=1S/C18H12BrIN2O4/c1-9-2-4-12(5-3-9)22-17(25)13(16(24)21-18(22)26)7-10-6-11(19)8-14(20)15(10)23/h2-8,23H,1H3,(H,21,24,26)/b13-7-. The Kier molecular flexibility index (Phi) is 5.15. The summed E-state index contributed by atoms with van der Waals surface area (Å²) in [5.41, 5.74) is 1.37. The molecule has 3 rings (SSSR count). The van der Waals surface area contributed by atoms with E-state index in [0.29, 0.717) is 19.3 Å². The van der Waals surface area contributed by atoms with Gasteiger partial charge < -0.3 is 5.11 Å². The molecular formula is C18H12BrIN2O4. The fraction of sp³-hybridized carbons (Fsp3) is 0.0556. The summed E-state index contributed by atoms with van der Waals surface area (Å²) in [6, 6.07) is 9.24. The van der Waals surface area contributed by atoms with Crippen LogP contribution in [0, 0.1) is 10.5 Å². The minimum Gasteiger partial charge on any atom is -0.506 e. The third kappa shape index (κ3) is 3.51. The number of urea groups is 1. The minimum absolute atomic E-state index is 0.0549. The van der Waals surface area contributed by atoms with E-state index in [2.05, 4.69) is 21.2 Å². The molecule has 0 atom stereocenters. The van der Waals surface area contributed by atoms with Crippen LogP contribution in [0.3, 0.4) is 0 Å². The van der Waals surface area contributed by atoms with E-state index in [0.717, 1.165) is 10.5 Å². The van der Waals surface area contributed by atoms with Crippen molar-refractivity contribution in [2.45, 2.75) is 6.92 Å². The summed E-state index contributed by atoms with van der Waals surface area (Å²) in [6.07, 6.45) is 1.27. The van der Waals surface area contributed by atoms with Crippen LogP contribution in [-0.4, -0.2) is 23.0 Å². The number of hydrogen-bond acceptors (Lipinski definition) is 4. The van der Waals surface area contributed by atoms with Crippen molar-refractivity contribution in [3.05, 3.63) is 61.1 Å². The summed E-state index contributed by atoms with van der Waals surface area (Å²) < 4.78 is 1.24. The summed E-state index contributed by atoms with van der Waals surface area (Å²) >= 11 is 5.25. The first-order valence-corrected chi connectivity index (χ1v) is 9.31. The molecule has 8 heteroatoms. The summed E-state index contributed by atoms with van der Waals surface area (Å²) in [6.45, 7) is 1.88. The van der Waals surface area contributed by atoms with Crippen LogP contribution < -0.4 is 10.2 Å². The first kappa shape index (κ1) is 18.6. The zero-order chi connectivity index (χ0) is 19.0. The number of rotatable bonds is 2. The quantitative estimate of drug-likeness (QED) is 0.354. The first-order chi connectivity index (χ1) is 12.3. The Morgan fingerprint density at radius 3 is 2.46 bits per heavy atom. The van der Waals surface area contributed by atoms with Crippen molar-refractivity contribution in [2.75, 3.05) is 4.90 Å². The van der Waals surface area contributed by atoms with Gasteiger partial charge in [-0.1, -0.05) is 33.6 Å². The van der Waals surface area contributed by atoms with Crippen LogP contribution in [0.1, 0.15) is 11.1 Å². The van der Waals surface area contributed by atoms with Gasteiger partial charge in [-0.25, -0.2) is 9.69 Å². The molecule has 0 bridgehead atoms. The Morgan fingerprint density at radius 2 is 1.81 bits per heavy atom. The molecule has 0 aromatic heterocycles. The lowest BCUT2D eigenvalue weighted by molar-refractivity contribution is -0.122. The number of phenols is 1. The number of hydrogen-bond donors (Lipinski definition) is 2. The van der Waals surface area contributed by atoms with Crippen LogP contribution in [0.5, 0.6) is 5.75 Å². The number of amides is 4. The Balaban J connectivity index is 2.07. The number of carbonyl (C=O) groups is 3. The Hall–Kier alpha value is -2.20. The number of aromatic hydroxyl groups is 1. The van der Waals surface area contributed by atoms with Crippen molar-refractivity contribution < 1.29 is 19.5 Å². The minimum atomic E-state index is -0.811. The van der Waals surface area contributed by atoms with Crippen molar-refractivity contribution in [1.82, 2.24) is 5.32 Å². The number of imide groups is 2. The lowest BCUT2D eigenvalue weighted by atomic mass is 10.1. The molecule has 0 aliphatic carbocycles. The summed E-state index contributed by atoms with van der Waals surface area (Å²) in [5, 5.41) is 12.3. The van der Waals surface area contributed by atoms with Gasteiger partial charge in [0.05, 0.1) is 9.26 Å². The summed E-state index contributed by atoms with van der Waals surface area (Å²) in [7, 11) is 0. The number of halogens is 2. The van der Waals surface area contributed by atoms with Crippen molar-refractivity contribution in [3.8, 4) is 5.75 Å². The summed E-state index contributed by atoms with van der Waals surface area (Å²) in [5.74, 6) is -1.62. The number of carbonyl (C=O) groups excluding carboxylic acids is 3. The van der Waals surface area contributed by atoms with Gasteiger partial charge in [0, 0.05) is 10.0 Å². The van der Waals surface area contributed by atoms with Crippen LogP contribution in [0.2, 0.25) is 0 Å². The molecule has 1 heterocycles. The lowest BCUT2D eigenvalue weighted by Crippen LogP contribution is -2.54. The van der Waals surface area contributed by atoms with Crippen LogP contribution in [0.25, 0.3) is 6.08 Å². The highest BCUT2D eigenvalue weighted by atomic mass is 127. The molecular weight excluding hydrogens is 515 g/mol. The average molecular weight is 527 g/mol. The fourth-order valence-electron chi connectivity index (χ4n) is 2.44. The molecule has 4 amide bonds. The molecule has 2 N–H and O–H groups in total. The first-order valence-electron chi connectivity index (χ1n) is 7.44. The molecule has 1 aliphatic heterocycles. The number of phenolic OH excluding ortho intramolecular Hbond substituents is 1. The third-order valence-corrected chi connectivity index (χ3v) is 5.03. The van der Waals surface area contributed by atoms with Gasteiger partial charge in [0.15, 0.2) is 0 Å². The van der Waals surface area contributed by atoms with Gasteiger partial charge in [-0.15, -0.1) is 0 Å². The molecule has 0 radical (unpaired) electrons. The molecule has 1 fully saturated rings. The van der Waals surface area contributed by atoms with E-state index in [1.54, 1.807) is 36.4 Å². The van der Waals surface area contributed by atoms with E-state index < -0.39 is 17.8 Å². The molecule has 1 saturated heterocycles. The number of aryl methyl sites for hydroxylation is 1.